The quantitative estimate of drug-likeness (QED) is 0.314. The van der Waals surface area contributed by atoms with Gasteiger partial charge in [0.05, 0.1) is 13.7 Å². The van der Waals surface area contributed by atoms with Gasteiger partial charge in [-0.2, -0.15) is 0 Å². The molecule has 168 valence electrons. The Kier molecular flexibility index (Phi) is 8.98. The summed E-state index contributed by atoms with van der Waals surface area (Å²) < 4.78 is 10.8. The first kappa shape index (κ1) is 24.8. The lowest BCUT2D eigenvalue weighted by Gasteiger charge is -2.37. The van der Waals surface area contributed by atoms with Crippen molar-refractivity contribution in [3.63, 3.8) is 0 Å². The number of amides is 1. The Morgan fingerprint density at radius 1 is 1.23 bits per heavy atom. The van der Waals surface area contributed by atoms with Crippen LogP contribution in [-0.4, -0.2) is 54.8 Å². The molecule has 0 aromatic heterocycles. The van der Waals surface area contributed by atoms with Crippen LogP contribution in [0.4, 0.5) is 0 Å². The Morgan fingerprint density at radius 3 is 2.42 bits per heavy atom. The second-order valence-electron chi connectivity index (χ2n) is 7.74. The molecule has 1 heterocycles. The van der Waals surface area contributed by atoms with Crippen LogP contribution < -0.4 is 0 Å². The molecule has 0 aliphatic carbocycles. The van der Waals surface area contributed by atoms with Crippen LogP contribution in [0.15, 0.2) is 40.4 Å². The monoisotopic (exact) mass is 493 g/mol. The molecule has 31 heavy (non-hydrogen) atoms. The lowest BCUT2D eigenvalue weighted by atomic mass is 9.88. The van der Waals surface area contributed by atoms with Gasteiger partial charge in [-0.25, -0.2) is 4.79 Å². The topological polar surface area (TPSA) is 90.0 Å². The van der Waals surface area contributed by atoms with E-state index in [0.717, 1.165) is 10.0 Å². The SMILES string of the molecule is CCOC(=O)C1C(=O)/C(=C/Cc2ccc(Br)cc2)CN(C(CC(C)C)C(=O)OC)C1=O. The molecule has 1 fully saturated rings. The van der Waals surface area contributed by atoms with Gasteiger partial charge in [-0.1, -0.05) is 48.0 Å². The number of benzene rings is 1. The van der Waals surface area contributed by atoms with Gasteiger partial charge in [-0.05, 0) is 43.4 Å². The zero-order chi connectivity index (χ0) is 23.1. The van der Waals surface area contributed by atoms with Crippen molar-refractivity contribution in [1.29, 1.82) is 0 Å². The van der Waals surface area contributed by atoms with Crippen LogP contribution in [0.2, 0.25) is 0 Å². The molecule has 2 rings (SSSR count). The van der Waals surface area contributed by atoms with Crippen molar-refractivity contribution in [2.24, 2.45) is 11.8 Å². The van der Waals surface area contributed by atoms with Gasteiger partial charge in [-0.15, -0.1) is 0 Å². The molecule has 2 atom stereocenters. The highest BCUT2D eigenvalue weighted by molar-refractivity contribution is 9.10. The van der Waals surface area contributed by atoms with Gasteiger partial charge >= 0.3 is 11.9 Å². The number of likely N-dealkylation sites (tertiary alicyclic amines) is 1. The van der Waals surface area contributed by atoms with Gasteiger partial charge in [0.2, 0.25) is 5.91 Å². The molecular formula is C23H28BrNO6. The molecule has 0 radical (unpaired) electrons. The molecule has 1 aliphatic heterocycles. The van der Waals surface area contributed by atoms with Gasteiger partial charge < -0.3 is 14.4 Å². The van der Waals surface area contributed by atoms with Crippen LogP contribution in [0, 0.1) is 11.8 Å². The summed E-state index contributed by atoms with van der Waals surface area (Å²) in [5, 5.41) is 0. The Labute approximate surface area is 190 Å². The van der Waals surface area contributed by atoms with Crippen molar-refractivity contribution in [2.45, 2.75) is 39.7 Å². The van der Waals surface area contributed by atoms with Crippen LogP contribution in [0.5, 0.6) is 0 Å². The third kappa shape index (κ3) is 6.26. The predicted octanol–water partition coefficient (Wildman–Crippen LogP) is 3.10. The largest absolute Gasteiger partial charge is 0.467 e. The van der Waals surface area contributed by atoms with Gasteiger partial charge in [0.1, 0.15) is 6.04 Å². The van der Waals surface area contributed by atoms with E-state index >= 15 is 0 Å². The smallest absolute Gasteiger partial charge is 0.328 e. The normalized spacial score (nSPS) is 19.0. The van der Waals surface area contributed by atoms with Crippen molar-refractivity contribution in [2.75, 3.05) is 20.3 Å². The number of ether oxygens (including phenoxy) is 2. The van der Waals surface area contributed by atoms with E-state index in [9.17, 15) is 19.2 Å². The highest BCUT2D eigenvalue weighted by atomic mass is 79.9. The maximum absolute atomic E-state index is 13.1. The minimum absolute atomic E-state index is 0.0419. The standard InChI is InChI=1S/C23H28BrNO6/c1-5-31-23(29)19-20(26)16(9-6-15-7-10-17(24)11-8-15)13-25(21(19)27)18(12-14(2)3)22(28)30-4/h7-11,14,18-19H,5-6,12-13H2,1-4H3/b16-9+. The second kappa shape index (κ2) is 11.2. The number of allylic oxidation sites excluding steroid dienone is 1. The molecule has 1 aromatic carbocycles. The molecule has 0 saturated carbocycles. The fourth-order valence-corrected chi connectivity index (χ4v) is 3.72. The van der Waals surface area contributed by atoms with Crippen LogP contribution in [0.3, 0.4) is 0 Å². The first-order chi connectivity index (χ1) is 14.7. The number of halogens is 1. The van der Waals surface area contributed by atoms with Gasteiger partial charge in [0, 0.05) is 16.6 Å². The van der Waals surface area contributed by atoms with Crippen molar-refractivity contribution in [3.05, 3.63) is 46.0 Å². The van der Waals surface area contributed by atoms with Gasteiger partial charge in [0.25, 0.3) is 0 Å². The molecule has 1 amide bonds. The molecule has 7 nitrogen and oxygen atoms in total. The van der Waals surface area contributed by atoms with E-state index in [-0.39, 0.29) is 19.1 Å². The van der Waals surface area contributed by atoms with E-state index in [0.29, 0.717) is 18.4 Å². The number of ketones is 1. The van der Waals surface area contributed by atoms with Crippen molar-refractivity contribution in [3.8, 4) is 0 Å². The lowest BCUT2D eigenvalue weighted by molar-refractivity contribution is -0.165. The maximum Gasteiger partial charge on any atom is 0.328 e. The maximum atomic E-state index is 13.1. The highest BCUT2D eigenvalue weighted by Crippen LogP contribution is 2.26. The number of Topliss-reactive ketones (excluding diaryl/α,β-unsaturated/α-hetero) is 1. The van der Waals surface area contributed by atoms with Crippen LogP contribution in [0.1, 0.15) is 32.8 Å². The van der Waals surface area contributed by atoms with E-state index in [1.807, 2.05) is 38.1 Å². The number of hydrogen-bond acceptors (Lipinski definition) is 6. The van der Waals surface area contributed by atoms with E-state index in [1.165, 1.54) is 12.0 Å². The number of esters is 2. The Balaban J connectivity index is 2.42. The number of nitrogens with zero attached hydrogens (tertiary/aromatic N) is 1. The summed E-state index contributed by atoms with van der Waals surface area (Å²) in [6.45, 7) is 5.43. The number of piperidine rings is 1. The molecule has 1 saturated heterocycles. The molecule has 1 aromatic rings. The molecule has 1 aliphatic rings. The van der Waals surface area contributed by atoms with E-state index in [2.05, 4.69) is 15.9 Å². The molecule has 0 spiro atoms. The van der Waals surface area contributed by atoms with Crippen molar-refractivity contribution in [1.82, 2.24) is 4.90 Å². The fraction of sp³-hybridized carbons (Fsp3) is 0.478. The molecule has 0 N–H and O–H groups in total. The summed E-state index contributed by atoms with van der Waals surface area (Å²) in [7, 11) is 1.25. The third-order valence-corrected chi connectivity index (χ3v) is 5.54. The number of carbonyl (C=O) groups is 4. The van der Waals surface area contributed by atoms with Gasteiger partial charge in [0.15, 0.2) is 11.7 Å². The third-order valence-electron chi connectivity index (χ3n) is 5.01. The predicted molar refractivity (Wildman–Crippen MR) is 118 cm³/mol. The average Bonchev–Trinajstić information content (AvgIpc) is 2.72. The molecule has 8 heteroatoms. The zero-order valence-corrected chi connectivity index (χ0v) is 19.8. The van der Waals surface area contributed by atoms with Crippen LogP contribution >= 0.6 is 15.9 Å². The van der Waals surface area contributed by atoms with E-state index in [4.69, 9.17) is 9.47 Å². The molecule has 0 bridgehead atoms. The average molecular weight is 494 g/mol. The van der Waals surface area contributed by atoms with Crippen molar-refractivity contribution >= 4 is 39.6 Å². The Bertz CT molecular complexity index is 861. The summed E-state index contributed by atoms with van der Waals surface area (Å²) in [6, 6.07) is 6.72. The Morgan fingerprint density at radius 2 is 1.87 bits per heavy atom. The first-order valence-electron chi connectivity index (χ1n) is 10.2. The number of carbonyl (C=O) groups excluding carboxylic acids is 4. The number of methoxy groups -OCH3 is 1. The summed E-state index contributed by atoms with van der Waals surface area (Å²) in [4.78, 5) is 52.3. The van der Waals surface area contributed by atoms with E-state index < -0.39 is 35.6 Å². The first-order valence-corrected chi connectivity index (χ1v) is 11.0. The number of hydrogen-bond donors (Lipinski definition) is 0. The lowest BCUT2D eigenvalue weighted by Crippen LogP contribution is -2.57. The minimum Gasteiger partial charge on any atom is -0.467 e. The summed E-state index contributed by atoms with van der Waals surface area (Å²) in [6.07, 6.45) is 2.50. The highest BCUT2D eigenvalue weighted by Gasteiger charge is 2.47. The zero-order valence-electron chi connectivity index (χ0n) is 18.2. The Hall–Kier alpha value is -2.48. The minimum atomic E-state index is -1.61. The number of rotatable bonds is 8. The summed E-state index contributed by atoms with van der Waals surface area (Å²) >= 11 is 3.38. The van der Waals surface area contributed by atoms with E-state index in [1.54, 1.807) is 13.0 Å². The summed E-state index contributed by atoms with van der Waals surface area (Å²) in [5.41, 5.74) is 1.27. The molecule has 2 unspecified atom stereocenters. The fourth-order valence-electron chi connectivity index (χ4n) is 3.46. The van der Waals surface area contributed by atoms with Crippen molar-refractivity contribution < 1.29 is 28.7 Å². The summed E-state index contributed by atoms with van der Waals surface area (Å²) in [5.74, 6) is -4.30. The molecular weight excluding hydrogens is 466 g/mol. The van der Waals surface area contributed by atoms with Crippen LogP contribution in [0.25, 0.3) is 0 Å². The van der Waals surface area contributed by atoms with Crippen LogP contribution in [-0.2, 0) is 35.1 Å². The second-order valence-corrected chi connectivity index (χ2v) is 8.66. The van der Waals surface area contributed by atoms with Gasteiger partial charge in [-0.3, -0.25) is 14.4 Å².